The van der Waals surface area contributed by atoms with Gasteiger partial charge in [-0.3, -0.25) is 0 Å². The molecular weight excluding hydrogens is 221 g/mol. The van der Waals surface area contributed by atoms with Crippen LogP contribution in [-0.2, 0) is 6.18 Å². The average molecular weight is 232 g/mol. The second-order valence-electron chi connectivity index (χ2n) is 3.04. The topological polar surface area (TPSA) is 29.5 Å². The van der Waals surface area contributed by atoms with Crippen LogP contribution in [0.4, 0.5) is 13.2 Å². The molecule has 2 nitrogen and oxygen atoms in total. The zero-order valence-electron chi connectivity index (χ0n) is 8.58. The standard InChI is InChI=1S/C11H11F3O2/c1-16-10-7-9(11(12,13)14)5-4-8(10)3-2-6-15/h2-5,7,15H,6H2,1H3. The summed E-state index contributed by atoms with van der Waals surface area (Å²) in [7, 11) is 1.30. The van der Waals surface area contributed by atoms with Gasteiger partial charge in [0.2, 0.25) is 0 Å². The number of halogens is 3. The van der Waals surface area contributed by atoms with E-state index in [0.29, 0.717) is 5.56 Å². The monoisotopic (exact) mass is 232 g/mol. The maximum Gasteiger partial charge on any atom is 0.416 e. The summed E-state index contributed by atoms with van der Waals surface area (Å²) < 4.78 is 42.0. The number of aliphatic hydroxyl groups excluding tert-OH is 1. The summed E-state index contributed by atoms with van der Waals surface area (Å²) >= 11 is 0. The molecule has 1 aromatic carbocycles. The van der Waals surface area contributed by atoms with Crippen LogP contribution in [0.3, 0.4) is 0 Å². The van der Waals surface area contributed by atoms with Crippen LogP contribution in [0.2, 0.25) is 0 Å². The van der Waals surface area contributed by atoms with Crippen LogP contribution in [-0.4, -0.2) is 18.8 Å². The Bertz CT molecular complexity index is 383. The molecule has 0 amide bonds. The van der Waals surface area contributed by atoms with Crippen LogP contribution in [0, 0.1) is 0 Å². The zero-order chi connectivity index (χ0) is 12.2. The lowest BCUT2D eigenvalue weighted by molar-refractivity contribution is -0.137. The number of hydrogen-bond donors (Lipinski definition) is 1. The number of benzene rings is 1. The van der Waals surface area contributed by atoms with E-state index in [-0.39, 0.29) is 12.4 Å². The van der Waals surface area contributed by atoms with Gasteiger partial charge in [-0.15, -0.1) is 0 Å². The van der Waals surface area contributed by atoms with Crippen LogP contribution in [0.25, 0.3) is 6.08 Å². The second-order valence-corrected chi connectivity index (χ2v) is 3.04. The Balaban J connectivity index is 3.12. The maximum atomic E-state index is 12.4. The third kappa shape index (κ3) is 3.00. The van der Waals surface area contributed by atoms with Crippen LogP contribution >= 0.6 is 0 Å². The minimum absolute atomic E-state index is 0.125. The van der Waals surface area contributed by atoms with Crippen molar-refractivity contribution < 1.29 is 23.0 Å². The molecule has 5 heteroatoms. The second kappa shape index (κ2) is 5.03. The van der Waals surface area contributed by atoms with Crippen molar-refractivity contribution in [2.45, 2.75) is 6.18 Å². The van der Waals surface area contributed by atoms with Gasteiger partial charge >= 0.3 is 6.18 Å². The number of methoxy groups -OCH3 is 1. The van der Waals surface area contributed by atoms with Crippen LogP contribution in [0.1, 0.15) is 11.1 Å². The first-order valence-corrected chi connectivity index (χ1v) is 4.51. The number of aliphatic hydroxyl groups is 1. The summed E-state index contributed by atoms with van der Waals surface area (Å²) in [5, 5.41) is 8.57. The molecule has 1 aromatic rings. The molecular formula is C11H11F3O2. The quantitative estimate of drug-likeness (QED) is 0.868. The van der Waals surface area contributed by atoms with E-state index in [9.17, 15) is 13.2 Å². The Kier molecular flexibility index (Phi) is 3.95. The molecule has 0 radical (unpaired) electrons. The van der Waals surface area contributed by atoms with E-state index in [1.807, 2.05) is 0 Å². The molecule has 0 aliphatic carbocycles. The third-order valence-electron chi connectivity index (χ3n) is 1.96. The van der Waals surface area contributed by atoms with Crippen molar-refractivity contribution in [1.29, 1.82) is 0 Å². The summed E-state index contributed by atoms with van der Waals surface area (Å²) in [5.74, 6) is 0.125. The van der Waals surface area contributed by atoms with Crippen molar-refractivity contribution in [2.24, 2.45) is 0 Å². The average Bonchev–Trinajstić information content (AvgIpc) is 2.24. The van der Waals surface area contributed by atoms with E-state index >= 15 is 0 Å². The first-order chi connectivity index (χ1) is 7.49. The van der Waals surface area contributed by atoms with Gasteiger partial charge in [0.25, 0.3) is 0 Å². The molecule has 0 atom stereocenters. The molecule has 16 heavy (non-hydrogen) atoms. The highest BCUT2D eigenvalue weighted by Crippen LogP contribution is 2.33. The van der Waals surface area contributed by atoms with Crippen molar-refractivity contribution in [1.82, 2.24) is 0 Å². The first-order valence-electron chi connectivity index (χ1n) is 4.51. The van der Waals surface area contributed by atoms with E-state index < -0.39 is 11.7 Å². The normalized spacial score (nSPS) is 12.1. The van der Waals surface area contributed by atoms with E-state index in [1.54, 1.807) is 0 Å². The van der Waals surface area contributed by atoms with Gasteiger partial charge in [-0.25, -0.2) is 0 Å². The van der Waals surface area contributed by atoms with Gasteiger partial charge in [-0.2, -0.15) is 13.2 Å². The van der Waals surface area contributed by atoms with E-state index in [0.717, 1.165) is 12.1 Å². The Hall–Kier alpha value is -1.49. The zero-order valence-corrected chi connectivity index (χ0v) is 8.58. The fraction of sp³-hybridized carbons (Fsp3) is 0.273. The van der Waals surface area contributed by atoms with Gasteiger partial charge in [-0.05, 0) is 12.1 Å². The fourth-order valence-electron chi connectivity index (χ4n) is 1.20. The number of hydrogen-bond acceptors (Lipinski definition) is 2. The highest BCUT2D eigenvalue weighted by atomic mass is 19.4. The Morgan fingerprint density at radius 2 is 2.06 bits per heavy atom. The van der Waals surface area contributed by atoms with Gasteiger partial charge in [0, 0.05) is 5.56 Å². The molecule has 0 saturated heterocycles. The SMILES string of the molecule is COc1cc(C(F)(F)F)ccc1C=CCO. The van der Waals surface area contributed by atoms with Crippen molar-refractivity contribution in [3.05, 3.63) is 35.4 Å². The van der Waals surface area contributed by atoms with Crippen LogP contribution < -0.4 is 4.74 Å². The molecule has 0 aliphatic rings. The highest BCUT2D eigenvalue weighted by molar-refractivity contribution is 5.58. The molecule has 1 rings (SSSR count). The van der Waals surface area contributed by atoms with Crippen LogP contribution in [0.15, 0.2) is 24.3 Å². The predicted octanol–water partition coefficient (Wildman–Crippen LogP) is 2.72. The highest BCUT2D eigenvalue weighted by Gasteiger charge is 2.31. The molecule has 0 aromatic heterocycles. The van der Waals surface area contributed by atoms with Gasteiger partial charge < -0.3 is 9.84 Å². The first kappa shape index (κ1) is 12.6. The molecule has 0 spiro atoms. The number of alkyl halides is 3. The lowest BCUT2D eigenvalue weighted by Crippen LogP contribution is -2.05. The van der Waals surface area contributed by atoms with Gasteiger partial charge in [-0.1, -0.05) is 18.2 Å². The number of rotatable bonds is 3. The summed E-state index contributed by atoms with van der Waals surface area (Å²) in [6, 6.07) is 3.20. The van der Waals surface area contributed by atoms with Crippen molar-refractivity contribution in [3.63, 3.8) is 0 Å². The largest absolute Gasteiger partial charge is 0.496 e. The Morgan fingerprint density at radius 1 is 1.38 bits per heavy atom. The lowest BCUT2D eigenvalue weighted by Gasteiger charge is -2.10. The van der Waals surface area contributed by atoms with Crippen LogP contribution in [0.5, 0.6) is 5.75 Å². The van der Waals surface area contributed by atoms with E-state index in [4.69, 9.17) is 9.84 Å². The minimum Gasteiger partial charge on any atom is -0.496 e. The van der Waals surface area contributed by atoms with Gasteiger partial charge in [0.15, 0.2) is 0 Å². The molecule has 1 N–H and O–H groups in total. The summed E-state index contributed by atoms with van der Waals surface area (Å²) in [4.78, 5) is 0. The third-order valence-corrected chi connectivity index (χ3v) is 1.96. The lowest BCUT2D eigenvalue weighted by atomic mass is 10.1. The molecule has 0 aliphatic heterocycles. The summed E-state index contributed by atoms with van der Waals surface area (Å²) in [6.07, 6.45) is -1.46. The van der Waals surface area contributed by atoms with E-state index in [1.165, 1.54) is 25.3 Å². The maximum absolute atomic E-state index is 12.4. The molecule has 88 valence electrons. The Morgan fingerprint density at radius 3 is 2.56 bits per heavy atom. The molecule has 0 unspecified atom stereocenters. The smallest absolute Gasteiger partial charge is 0.416 e. The van der Waals surface area contributed by atoms with E-state index in [2.05, 4.69) is 0 Å². The van der Waals surface area contributed by atoms with Gasteiger partial charge in [0.1, 0.15) is 5.75 Å². The number of ether oxygens (including phenoxy) is 1. The minimum atomic E-state index is -4.38. The molecule has 0 heterocycles. The molecule has 0 fully saturated rings. The van der Waals surface area contributed by atoms with Crippen molar-refractivity contribution >= 4 is 6.08 Å². The summed E-state index contributed by atoms with van der Waals surface area (Å²) in [6.45, 7) is -0.176. The summed E-state index contributed by atoms with van der Waals surface area (Å²) in [5.41, 5.74) is -0.268. The fourth-order valence-corrected chi connectivity index (χ4v) is 1.20. The van der Waals surface area contributed by atoms with Gasteiger partial charge in [0.05, 0.1) is 19.3 Å². The Labute approximate surface area is 91.0 Å². The molecule has 0 saturated carbocycles. The predicted molar refractivity (Wildman–Crippen MR) is 54.1 cm³/mol. The van der Waals surface area contributed by atoms with Crippen molar-refractivity contribution in [2.75, 3.05) is 13.7 Å². The molecule has 0 bridgehead atoms. The van der Waals surface area contributed by atoms with Crippen molar-refractivity contribution in [3.8, 4) is 5.75 Å².